The predicted octanol–water partition coefficient (Wildman–Crippen LogP) is 5.07. The van der Waals surface area contributed by atoms with E-state index in [0.717, 1.165) is 50.5 Å². The Bertz CT molecular complexity index is 767. The van der Waals surface area contributed by atoms with Crippen molar-refractivity contribution in [1.82, 2.24) is 0 Å². The SMILES string of the molecule is CC(C)(C)[SiH](c1ccccc1)c1ccccc1C(O)CCCCCCCCC(=O)O. The summed E-state index contributed by atoms with van der Waals surface area (Å²) in [7, 11) is -1.51. The molecule has 2 aromatic rings. The van der Waals surface area contributed by atoms with Crippen molar-refractivity contribution in [3.05, 3.63) is 60.2 Å². The summed E-state index contributed by atoms with van der Waals surface area (Å²) in [6.07, 6.45) is 6.66. The number of carboxylic acid groups (broad SMARTS) is 1. The molecule has 0 heterocycles. The van der Waals surface area contributed by atoms with Gasteiger partial charge in [0.2, 0.25) is 0 Å². The van der Waals surface area contributed by atoms with E-state index in [0.29, 0.717) is 0 Å². The van der Waals surface area contributed by atoms with Gasteiger partial charge in [-0.25, -0.2) is 0 Å². The molecule has 2 unspecified atom stereocenters. The van der Waals surface area contributed by atoms with Gasteiger partial charge < -0.3 is 10.2 Å². The Morgan fingerprint density at radius 1 is 0.867 bits per heavy atom. The van der Waals surface area contributed by atoms with E-state index in [9.17, 15) is 9.90 Å². The molecule has 0 aliphatic carbocycles. The van der Waals surface area contributed by atoms with E-state index in [2.05, 4.69) is 69.3 Å². The molecule has 0 aromatic heterocycles. The zero-order valence-electron chi connectivity index (χ0n) is 18.8. The van der Waals surface area contributed by atoms with Crippen molar-refractivity contribution in [2.45, 2.75) is 83.3 Å². The van der Waals surface area contributed by atoms with Crippen LogP contribution in [0.25, 0.3) is 0 Å². The number of carboxylic acids is 1. The fraction of sp³-hybridized carbons (Fsp3) is 0.500. The second kappa shape index (κ2) is 12.1. The van der Waals surface area contributed by atoms with E-state index >= 15 is 0 Å². The summed E-state index contributed by atoms with van der Waals surface area (Å²) in [5, 5.41) is 22.7. The topological polar surface area (TPSA) is 57.5 Å². The molecule has 0 fully saturated rings. The lowest BCUT2D eigenvalue weighted by Gasteiger charge is -2.32. The first kappa shape index (κ1) is 24.4. The van der Waals surface area contributed by atoms with Crippen molar-refractivity contribution < 1.29 is 15.0 Å². The predicted molar refractivity (Wildman–Crippen MR) is 129 cm³/mol. The van der Waals surface area contributed by atoms with Crippen LogP contribution in [0.3, 0.4) is 0 Å². The monoisotopic (exact) mass is 426 g/mol. The van der Waals surface area contributed by atoms with Gasteiger partial charge in [0.15, 0.2) is 0 Å². The summed E-state index contributed by atoms with van der Waals surface area (Å²) in [5.41, 5.74) is 1.11. The highest BCUT2D eigenvalue weighted by Gasteiger charge is 2.32. The van der Waals surface area contributed by atoms with Crippen LogP contribution in [0.1, 0.15) is 83.8 Å². The third kappa shape index (κ3) is 7.73. The molecule has 0 saturated heterocycles. The Labute approximate surface area is 183 Å². The van der Waals surface area contributed by atoms with Crippen LogP contribution in [-0.4, -0.2) is 25.0 Å². The zero-order chi connectivity index (χ0) is 22.0. The maximum absolute atomic E-state index is 11.0. The summed E-state index contributed by atoms with van der Waals surface area (Å²) in [4.78, 5) is 10.5. The molecule has 2 N–H and O–H groups in total. The van der Waals surface area contributed by atoms with Crippen LogP contribution in [0.2, 0.25) is 5.04 Å². The fourth-order valence-corrected chi connectivity index (χ4v) is 8.17. The van der Waals surface area contributed by atoms with Gasteiger partial charge in [0, 0.05) is 6.42 Å². The van der Waals surface area contributed by atoms with Crippen LogP contribution in [0.5, 0.6) is 0 Å². The Morgan fingerprint density at radius 3 is 2.07 bits per heavy atom. The van der Waals surface area contributed by atoms with Crippen molar-refractivity contribution in [3.63, 3.8) is 0 Å². The lowest BCUT2D eigenvalue weighted by molar-refractivity contribution is -0.137. The van der Waals surface area contributed by atoms with Crippen LogP contribution >= 0.6 is 0 Å². The van der Waals surface area contributed by atoms with Crippen molar-refractivity contribution >= 4 is 25.1 Å². The first-order valence-electron chi connectivity index (χ1n) is 11.3. The lowest BCUT2D eigenvalue weighted by atomic mass is 10.0. The Morgan fingerprint density at radius 2 is 1.43 bits per heavy atom. The highest BCUT2D eigenvalue weighted by molar-refractivity contribution is 6.87. The van der Waals surface area contributed by atoms with E-state index in [-0.39, 0.29) is 11.5 Å². The summed E-state index contributed by atoms with van der Waals surface area (Å²) in [5.74, 6) is -0.704. The molecule has 30 heavy (non-hydrogen) atoms. The minimum absolute atomic E-state index is 0.174. The average Bonchev–Trinajstić information content (AvgIpc) is 2.70. The minimum Gasteiger partial charge on any atom is -0.481 e. The normalized spacial score (nSPS) is 13.7. The second-order valence-electron chi connectivity index (χ2n) is 9.41. The maximum atomic E-state index is 11.0. The number of unbranched alkanes of at least 4 members (excludes halogenated alkanes) is 5. The molecule has 2 atom stereocenters. The quantitative estimate of drug-likeness (QED) is 0.368. The summed E-state index contributed by atoms with van der Waals surface area (Å²) >= 11 is 0. The molecule has 0 amide bonds. The van der Waals surface area contributed by atoms with Gasteiger partial charge in [-0.2, -0.15) is 0 Å². The number of hydrogen-bond donors (Lipinski definition) is 2. The standard InChI is InChI=1S/C26H38O3Si/c1-26(2,3)30(21-15-9-8-10-16-21)24-19-14-13-17-22(24)23(27)18-11-6-4-5-7-12-20-25(28)29/h8-10,13-17,19,23,27,30H,4-7,11-12,18,20H2,1-3H3,(H,28,29). The molecule has 2 aromatic carbocycles. The number of benzene rings is 2. The van der Waals surface area contributed by atoms with E-state index in [1.54, 1.807) is 0 Å². The van der Waals surface area contributed by atoms with Crippen molar-refractivity contribution in [3.8, 4) is 0 Å². The first-order chi connectivity index (χ1) is 14.3. The number of carbonyl (C=O) groups is 1. The molecule has 0 aliphatic rings. The molecule has 0 saturated carbocycles. The Kier molecular flexibility index (Phi) is 9.80. The molecule has 3 nitrogen and oxygen atoms in total. The van der Waals surface area contributed by atoms with Crippen LogP contribution in [-0.2, 0) is 4.79 Å². The summed E-state index contributed by atoms with van der Waals surface area (Å²) < 4.78 is 0. The number of aliphatic hydroxyl groups excluding tert-OH is 1. The third-order valence-electron chi connectivity index (χ3n) is 5.78. The smallest absolute Gasteiger partial charge is 0.303 e. The maximum Gasteiger partial charge on any atom is 0.303 e. The van der Waals surface area contributed by atoms with Crippen molar-refractivity contribution in [2.24, 2.45) is 0 Å². The number of rotatable bonds is 12. The van der Waals surface area contributed by atoms with Crippen LogP contribution < -0.4 is 10.4 Å². The number of hydrogen-bond acceptors (Lipinski definition) is 2. The van der Waals surface area contributed by atoms with E-state index in [1.807, 2.05) is 6.07 Å². The molecule has 0 aliphatic heterocycles. The van der Waals surface area contributed by atoms with Gasteiger partial charge in [-0.05, 0) is 23.4 Å². The van der Waals surface area contributed by atoms with Gasteiger partial charge in [-0.3, -0.25) is 4.79 Å². The lowest BCUT2D eigenvalue weighted by Crippen LogP contribution is -2.50. The van der Waals surface area contributed by atoms with Gasteiger partial charge in [0.1, 0.15) is 8.80 Å². The molecule has 0 bridgehead atoms. The van der Waals surface area contributed by atoms with Crippen molar-refractivity contribution in [1.29, 1.82) is 0 Å². The largest absolute Gasteiger partial charge is 0.481 e. The van der Waals surface area contributed by atoms with Crippen LogP contribution in [0.4, 0.5) is 0 Å². The highest BCUT2D eigenvalue weighted by Crippen LogP contribution is 2.29. The Hall–Kier alpha value is -1.91. The van der Waals surface area contributed by atoms with Gasteiger partial charge in [0.05, 0.1) is 6.10 Å². The summed E-state index contributed by atoms with van der Waals surface area (Å²) in [6, 6.07) is 19.3. The van der Waals surface area contributed by atoms with Gasteiger partial charge >= 0.3 is 5.97 Å². The molecule has 4 heteroatoms. The van der Waals surface area contributed by atoms with Gasteiger partial charge in [-0.15, -0.1) is 0 Å². The molecular formula is C26H38O3Si. The highest BCUT2D eigenvalue weighted by atomic mass is 28.3. The molecule has 0 spiro atoms. The molecular weight excluding hydrogens is 388 g/mol. The van der Waals surface area contributed by atoms with Gasteiger partial charge in [0.25, 0.3) is 0 Å². The zero-order valence-corrected chi connectivity index (χ0v) is 20.0. The third-order valence-corrected chi connectivity index (χ3v) is 9.71. The Balaban J connectivity index is 1.99. The van der Waals surface area contributed by atoms with Crippen molar-refractivity contribution in [2.75, 3.05) is 0 Å². The second-order valence-corrected chi connectivity index (χ2v) is 13.3. The molecule has 164 valence electrons. The first-order valence-corrected chi connectivity index (χ1v) is 13.1. The van der Waals surface area contributed by atoms with E-state index in [1.165, 1.54) is 10.4 Å². The number of aliphatic hydroxyl groups is 1. The fourth-order valence-electron chi connectivity index (χ4n) is 4.35. The molecule has 0 radical (unpaired) electrons. The van der Waals surface area contributed by atoms with Crippen LogP contribution in [0, 0.1) is 0 Å². The van der Waals surface area contributed by atoms with Gasteiger partial charge in [-0.1, -0.05) is 118 Å². The van der Waals surface area contributed by atoms with E-state index < -0.39 is 20.9 Å². The van der Waals surface area contributed by atoms with E-state index in [4.69, 9.17) is 5.11 Å². The number of aliphatic carboxylic acids is 1. The summed E-state index contributed by atoms with van der Waals surface area (Å²) in [6.45, 7) is 6.97. The average molecular weight is 427 g/mol. The molecule has 2 rings (SSSR count). The minimum atomic E-state index is -1.51. The van der Waals surface area contributed by atoms with Crippen LogP contribution in [0.15, 0.2) is 54.6 Å².